The van der Waals surface area contributed by atoms with Crippen LogP contribution in [0.1, 0.15) is 6.42 Å². The molecule has 0 atom stereocenters. The van der Waals surface area contributed by atoms with Gasteiger partial charge in [0, 0.05) is 29.2 Å². The van der Waals surface area contributed by atoms with Crippen LogP contribution in [0.15, 0.2) is 43.1 Å². The Bertz CT molecular complexity index is 796. The number of benzene rings is 1. The number of hydrogen-bond acceptors (Lipinski definition) is 7. The number of nitrogens with two attached hydrogens (primary N) is 1. The molecule has 0 fully saturated rings. The Morgan fingerprint density at radius 3 is 2.83 bits per heavy atom. The predicted molar refractivity (Wildman–Crippen MR) is 97.0 cm³/mol. The molecule has 0 spiro atoms. The lowest BCUT2D eigenvalue weighted by molar-refractivity contribution is 0.315. The third kappa shape index (κ3) is 4.19. The molecule has 0 amide bonds. The van der Waals surface area contributed by atoms with E-state index in [1.54, 1.807) is 24.7 Å². The Balaban J connectivity index is 1.78. The highest BCUT2D eigenvalue weighted by Crippen LogP contribution is 2.34. The minimum Gasteiger partial charge on any atom is -0.491 e. The topological polar surface area (TPSA) is 86.0 Å². The number of halogens is 1. The average Bonchev–Trinajstić information content (AvgIpc) is 3.06. The largest absolute Gasteiger partial charge is 0.491 e. The second-order valence-corrected chi connectivity index (χ2v) is 6.38. The van der Waals surface area contributed by atoms with Gasteiger partial charge in [0.2, 0.25) is 0 Å². The fraction of sp³-hybridized carbons (Fsp3) is 0.188. The maximum atomic E-state index is 6.10. The first kappa shape index (κ1) is 16.6. The minimum atomic E-state index is 0.553. The Morgan fingerprint density at radius 2 is 2.04 bits per heavy atom. The molecular weight excluding hydrogens is 346 g/mol. The highest BCUT2D eigenvalue weighted by Gasteiger charge is 2.09. The van der Waals surface area contributed by atoms with Gasteiger partial charge in [0.25, 0.3) is 0 Å². The molecular formula is C16H16ClN5OS. The van der Waals surface area contributed by atoms with E-state index < -0.39 is 0 Å². The van der Waals surface area contributed by atoms with Crippen LogP contribution in [0.3, 0.4) is 0 Å². The first-order chi connectivity index (χ1) is 11.8. The molecule has 6 nitrogen and oxygen atoms in total. The Morgan fingerprint density at radius 1 is 1.21 bits per heavy atom. The number of nitrogens with zero attached hydrogens (tertiary/aromatic N) is 3. The van der Waals surface area contributed by atoms with Gasteiger partial charge in [0.1, 0.15) is 12.1 Å². The van der Waals surface area contributed by atoms with Crippen molar-refractivity contribution in [3.8, 4) is 16.2 Å². The van der Waals surface area contributed by atoms with Crippen LogP contribution in [0, 0.1) is 0 Å². The summed E-state index contributed by atoms with van der Waals surface area (Å²) in [4.78, 5) is 13.4. The van der Waals surface area contributed by atoms with Crippen LogP contribution >= 0.6 is 22.9 Å². The fourth-order valence-corrected chi connectivity index (χ4v) is 2.97. The van der Waals surface area contributed by atoms with Crippen LogP contribution in [-0.2, 0) is 0 Å². The summed E-state index contributed by atoms with van der Waals surface area (Å²) >= 11 is 7.60. The molecule has 0 aliphatic heterocycles. The Labute approximate surface area is 148 Å². The van der Waals surface area contributed by atoms with E-state index >= 15 is 0 Å². The van der Waals surface area contributed by atoms with E-state index in [0.717, 1.165) is 27.7 Å². The number of hydrogen-bond donors (Lipinski definition) is 2. The van der Waals surface area contributed by atoms with Crippen molar-refractivity contribution in [3.05, 3.63) is 48.1 Å². The lowest BCUT2D eigenvalue weighted by Gasteiger charge is -2.12. The normalized spacial score (nSPS) is 10.6. The zero-order chi connectivity index (χ0) is 16.8. The summed E-state index contributed by atoms with van der Waals surface area (Å²) in [6.45, 7) is 1.14. The first-order valence-corrected chi connectivity index (χ1v) is 8.56. The van der Waals surface area contributed by atoms with E-state index in [1.807, 2.05) is 12.1 Å². The Hall–Kier alpha value is -2.22. The average molecular weight is 362 g/mol. The molecule has 3 N–H and O–H groups in total. The predicted octanol–water partition coefficient (Wildman–Crippen LogP) is 3.72. The molecule has 0 aliphatic rings. The molecule has 1 aromatic carbocycles. The van der Waals surface area contributed by atoms with Gasteiger partial charge in [-0.25, -0.2) is 15.0 Å². The number of rotatable bonds is 7. The quantitative estimate of drug-likeness (QED) is 0.624. The van der Waals surface area contributed by atoms with Gasteiger partial charge in [-0.15, -0.1) is 0 Å². The number of ether oxygens (including phenoxy) is 1. The molecule has 0 aliphatic carbocycles. The third-order valence-corrected chi connectivity index (χ3v) is 4.34. The second-order valence-electron chi connectivity index (χ2n) is 4.91. The first-order valence-electron chi connectivity index (χ1n) is 7.37. The van der Waals surface area contributed by atoms with Crippen LogP contribution in [0.4, 0.5) is 10.8 Å². The molecule has 0 saturated heterocycles. The molecule has 0 saturated carbocycles. The van der Waals surface area contributed by atoms with Crippen LogP contribution in [0.25, 0.3) is 10.4 Å². The van der Waals surface area contributed by atoms with E-state index in [4.69, 9.17) is 22.1 Å². The molecule has 2 heterocycles. The molecule has 0 radical (unpaired) electrons. The molecule has 0 bridgehead atoms. The monoisotopic (exact) mass is 361 g/mol. The molecule has 8 heteroatoms. The Kier molecular flexibility index (Phi) is 5.58. The van der Waals surface area contributed by atoms with Gasteiger partial charge in [-0.05, 0) is 31.2 Å². The number of nitrogens with one attached hydrogen (secondary N) is 1. The van der Waals surface area contributed by atoms with Crippen molar-refractivity contribution in [1.29, 1.82) is 0 Å². The number of thiazole rings is 1. The van der Waals surface area contributed by atoms with E-state index in [-0.39, 0.29) is 0 Å². The van der Waals surface area contributed by atoms with Gasteiger partial charge in [0.05, 0.1) is 17.2 Å². The van der Waals surface area contributed by atoms with Crippen molar-refractivity contribution in [3.63, 3.8) is 0 Å². The van der Waals surface area contributed by atoms with E-state index in [2.05, 4.69) is 20.3 Å². The SMILES string of the molecule is NCCCOc1ccc(Cl)cc1Nc1ncc(-c2cncnc2)s1. The van der Waals surface area contributed by atoms with E-state index in [1.165, 1.54) is 17.7 Å². The van der Waals surface area contributed by atoms with Crippen molar-refractivity contribution in [2.45, 2.75) is 6.42 Å². The summed E-state index contributed by atoms with van der Waals surface area (Å²) in [7, 11) is 0. The molecule has 24 heavy (non-hydrogen) atoms. The lowest BCUT2D eigenvalue weighted by Crippen LogP contribution is -2.07. The zero-order valence-corrected chi connectivity index (χ0v) is 14.3. The van der Waals surface area contributed by atoms with Crippen molar-refractivity contribution in [2.24, 2.45) is 5.73 Å². The third-order valence-electron chi connectivity index (χ3n) is 3.14. The fourth-order valence-electron chi connectivity index (χ4n) is 2.00. The van der Waals surface area contributed by atoms with Crippen LogP contribution in [-0.4, -0.2) is 28.1 Å². The van der Waals surface area contributed by atoms with E-state index in [0.29, 0.717) is 23.9 Å². The standard InChI is InChI=1S/C16H16ClN5OS/c17-12-2-3-14(23-5-1-4-18)13(6-12)22-16-21-9-15(24-16)11-7-19-10-20-8-11/h2-3,6-10H,1,4-5,18H2,(H,21,22). The number of aromatic nitrogens is 3. The molecule has 2 aromatic heterocycles. The van der Waals surface area contributed by atoms with Gasteiger partial charge in [0.15, 0.2) is 5.13 Å². The molecule has 3 aromatic rings. The van der Waals surface area contributed by atoms with Gasteiger partial charge in [-0.2, -0.15) is 0 Å². The van der Waals surface area contributed by atoms with Crippen molar-refractivity contribution >= 4 is 33.8 Å². The van der Waals surface area contributed by atoms with Crippen LogP contribution in [0.5, 0.6) is 5.75 Å². The molecule has 124 valence electrons. The van der Waals surface area contributed by atoms with Crippen molar-refractivity contribution < 1.29 is 4.74 Å². The van der Waals surface area contributed by atoms with Gasteiger partial charge in [-0.3, -0.25) is 0 Å². The summed E-state index contributed by atoms with van der Waals surface area (Å²) in [6, 6.07) is 5.44. The zero-order valence-electron chi connectivity index (χ0n) is 12.8. The number of anilines is 2. The van der Waals surface area contributed by atoms with Crippen molar-refractivity contribution in [2.75, 3.05) is 18.5 Å². The summed E-state index contributed by atoms with van der Waals surface area (Å²) < 4.78 is 5.75. The lowest BCUT2D eigenvalue weighted by atomic mass is 10.3. The minimum absolute atomic E-state index is 0.553. The second kappa shape index (κ2) is 8.05. The highest BCUT2D eigenvalue weighted by atomic mass is 35.5. The van der Waals surface area contributed by atoms with E-state index in [9.17, 15) is 0 Å². The van der Waals surface area contributed by atoms with Crippen LogP contribution in [0.2, 0.25) is 5.02 Å². The summed E-state index contributed by atoms with van der Waals surface area (Å²) in [5, 5.41) is 4.61. The van der Waals surface area contributed by atoms with Crippen molar-refractivity contribution in [1.82, 2.24) is 15.0 Å². The summed E-state index contributed by atoms with van der Waals surface area (Å²) in [5.41, 5.74) is 7.19. The summed E-state index contributed by atoms with van der Waals surface area (Å²) in [5.74, 6) is 0.715. The summed E-state index contributed by atoms with van der Waals surface area (Å²) in [6.07, 6.45) is 7.58. The highest BCUT2D eigenvalue weighted by molar-refractivity contribution is 7.18. The van der Waals surface area contributed by atoms with Crippen LogP contribution < -0.4 is 15.8 Å². The van der Waals surface area contributed by atoms with Gasteiger partial charge in [-0.1, -0.05) is 22.9 Å². The molecule has 3 rings (SSSR count). The maximum absolute atomic E-state index is 6.10. The maximum Gasteiger partial charge on any atom is 0.187 e. The van der Waals surface area contributed by atoms with Gasteiger partial charge < -0.3 is 15.8 Å². The molecule has 0 unspecified atom stereocenters. The smallest absolute Gasteiger partial charge is 0.187 e. The van der Waals surface area contributed by atoms with Gasteiger partial charge >= 0.3 is 0 Å².